The van der Waals surface area contributed by atoms with E-state index in [-0.39, 0.29) is 12.0 Å². The van der Waals surface area contributed by atoms with Gasteiger partial charge in [0.15, 0.2) is 0 Å². The number of amides is 1. The van der Waals surface area contributed by atoms with Crippen LogP contribution in [0.3, 0.4) is 0 Å². The van der Waals surface area contributed by atoms with Crippen LogP contribution in [0.1, 0.15) is 12.8 Å². The standard InChI is InChI=1S/C18H18N6O2/c1-3-17(25)23-8-4-5-14(11-23)26-18-16-6-7-19-24(16)12-15(21-18)13-9-20-22(2)10-13/h1,6-7,9-10,12,14H,4-5,8,11H2,2H3/t14-/m1/s1. The summed E-state index contributed by atoms with van der Waals surface area (Å²) in [6, 6.07) is 1.85. The zero-order valence-corrected chi connectivity index (χ0v) is 14.4. The highest BCUT2D eigenvalue weighted by atomic mass is 16.5. The van der Waals surface area contributed by atoms with E-state index in [2.05, 4.69) is 21.1 Å². The van der Waals surface area contributed by atoms with Crippen LogP contribution in [0, 0.1) is 12.3 Å². The predicted octanol–water partition coefficient (Wildman–Crippen LogP) is 1.13. The van der Waals surface area contributed by atoms with Crippen molar-refractivity contribution in [3.63, 3.8) is 0 Å². The van der Waals surface area contributed by atoms with Crippen LogP contribution in [0.2, 0.25) is 0 Å². The number of hydrogen-bond acceptors (Lipinski definition) is 5. The molecule has 132 valence electrons. The Kier molecular flexibility index (Phi) is 4.05. The largest absolute Gasteiger partial charge is 0.471 e. The van der Waals surface area contributed by atoms with Crippen molar-refractivity contribution in [2.45, 2.75) is 18.9 Å². The maximum absolute atomic E-state index is 11.8. The second kappa shape index (κ2) is 6.52. The molecule has 3 aromatic rings. The van der Waals surface area contributed by atoms with Gasteiger partial charge in [0.1, 0.15) is 11.6 Å². The summed E-state index contributed by atoms with van der Waals surface area (Å²) in [7, 11) is 1.85. The Morgan fingerprint density at radius 2 is 2.27 bits per heavy atom. The fraction of sp³-hybridized carbons (Fsp3) is 0.333. The van der Waals surface area contributed by atoms with Crippen molar-refractivity contribution in [1.29, 1.82) is 0 Å². The molecule has 8 nitrogen and oxygen atoms in total. The maximum atomic E-state index is 11.8. The topological polar surface area (TPSA) is 77.6 Å². The number of rotatable bonds is 3. The number of hydrogen-bond donors (Lipinski definition) is 0. The molecule has 1 amide bonds. The Hall–Kier alpha value is -3.34. The molecule has 1 atom stereocenters. The monoisotopic (exact) mass is 350 g/mol. The SMILES string of the molecule is C#CC(=O)N1CCC[C@@H](Oc2nc(-c3cnn(C)c3)cn3nccc23)C1. The fourth-order valence-corrected chi connectivity index (χ4v) is 3.15. The van der Waals surface area contributed by atoms with Gasteiger partial charge in [-0.25, -0.2) is 9.50 Å². The number of aromatic nitrogens is 5. The molecule has 3 aromatic heterocycles. The van der Waals surface area contributed by atoms with E-state index >= 15 is 0 Å². The van der Waals surface area contributed by atoms with Crippen LogP contribution in [0.25, 0.3) is 16.8 Å². The summed E-state index contributed by atoms with van der Waals surface area (Å²) in [5.74, 6) is 2.36. The molecule has 4 rings (SSSR count). The van der Waals surface area contributed by atoms with Gasteiger partial charge in [0, 0.05) is 25.4 Å². The minimum atomic E-state index is -0.301. The lowest BCUT2D eigenvalue weighted by atomic mass is 10.1. The van der Waals surface area contributed by atoms with Gasteiger partial charge in [-0.05, 0) is 24.8 Å². The first kappa shape index (κ1) is 16.1. The minimum Gasteiger partial charge on any atom is -0.471 e. The number of likely N-dealkylation sites (tertiary alicyclic amines) is 1. The van der Waals surface area contributed by atoms with Gasteiger partial charge in [-0.2, -0.15) is 10.2 Å². The Labute approximate surface area is 150 Å². The molecule has 0 unspecified atom stereocenters. The highest BCUT2D eigenvalue weighted by Crippen LogP contribution is 2.26. The minimum absolute atomic E-state index is 0.156. The smallest absolute Gasteiger partial charge is 0.298 e. The van der Waals surface area contributed by atoms with Gasteiger partial charge in [-0.15, -0.1) is 6.42 Å². The van der Waals surface area contributed by atoms with Crippen LogP contribution >= 0.6 is 0 Å². The van der Waals surface area contributed by atoms with Crippen LogP contribution in [-0.2, 0) is 11.8 Å². The van der Waals surface area contributed by atoms with Gasteiger partial charge in [-0.3, -0.25) is 9.48 Å². The summed E-state index contributed by atoms with van der Waals surface area (Å²) < 4.78 is 9.61. The third-order valence-electron chi connectivity index (χ3n) is 4.42. The van der Waals surface area contributed by atoms with E-state index in [0.717, 1.165) is 29.6 Å². The van der Waals surface area contributed by atoms with Crippen LogP contribution in [-0.4, -0.2) is 54.4 Å². The summed E-state index contributed by atoms with van der Waals surface area (Å²) in [4.78, 5) is 18.1. The van der Waals surface area contributed by atoms with Gasteiger partial charge < -0.3 is 9.64 Å². The number of fused-ring (bicyclic) bond motifs is 1. The molecule has 0 saturated carbocycles. The van der Waals surface area contributed by atoms with Crippen molar-refractivity contribution < 1.29 is 9.53 Å². The van der Waals surface area contributed by atoms with Crippen molar-refractivity contribution in [2.24, 2.45) is 7.05 Å². The Balaban J connectivity index is 1.64. The summed E-state index contributed by atoms with van der Waals surface area (Å²) in [5, 5.41) is 8.49. The summed E-state index contributed by atoms with van der Waals surface area (Å²) in [6.07, 6.45) is 13.9. The Morgan fingerprint density at radius 1 is 1.38 bits per heavy atom. The number of terminal acetylenes is 1. The van der Waals surface area contributed by atoms with E-state index in [1.54, 1.807) is 26.5 Å². The van der Waals surface area contributed by atoms with Gasteiger partial charge >= 0.3 is 0 Å². The first-order chi connectivity index (χ1) is 12.6. The van der Waals surface area contributed by atoms with Crippen LogP contribution in [0.15, 0.2) is 30.9 Å². The van der Waals surface area contributed by atoms with Gasteiger partial charge in [0.05, 0.1) is 30.8 Å². The molecular formula is C18H18N6O2. The molecular weight excluding hydrogens is 332 g/mol. The third kappa shape index (κ3) is 2.99. The van der Waals surface area contributed by atoms with Crippen LogP contribution in [0.5, 0.6) is 5.88 Å². The molecule has 1 fully saturated rings. The van der Waals surface area contributed by atoms with E-state index in [1.807, 2.05) is 25.5 Å². The molecule has 0 spiro atoms. The van der Waals surface area contributed by atoms with Gasteiger partial charge in [0.25, 0.3) is 5.91 Å². The lowest BCUT2D eigenvalue weighted by Crippen LogP contribution is -2.44. The summed E-state index contributed by atoms with van der Waals surface area (Å²) >= 11 is 0. The number of carbonyl (C=O) groups excluding carboxylic acids is 1. The molecule has 0 N–H and O–H groups in total. The van der Waals surface area contributed by atoms with Crippen molar-refractivity contribution in [3.8, 4) is 29.5 Å². The normalized spacial score (nSPS) is 17.2. The molecule has 4 heterocycles. The second-order valence-corrected chi connectivity index (χ2v) is 6.27. The molecule has 1 aliphatic heterocycles. The average Bonchev–Trinajstić information content (AvgIpc) is 3.30. The van der Waals surface area contributed by atoms with E-state index < -0.39 is 0 Å². The lowest BCUT2D eigenvalue weighted by molar-refractivity contribution is -0.127. The molecule has 8 heteroatoms. The zero-order chi connectivity index (χ0) is 18.1. The number of aryl methyl sites for hydroxylation is 1. The number of carbonyl (C=O) groups is 1. The van der Waals surface area contributed by atoms with E-state index in [0.29, 0.717) is 19.0 Å². The molecule has 0 aliphatic carbocycles. The Morgan fingerprint density at radius 3 is 3.04 bits per heavy atom. The zero-order valence-electron chi connectivity index (χ0n) is 14.4. The predicted molar refractivity (Wildman–Crippen MR) is 94.3 cm³/mol. The van der Waals surface area contributed by atoms with Crippen molar-refractivity contribution in [3.05, 3.63) is 30.9 Å². The van der Waals surface area contributed by atoms with Crippen LogP contribution in [0.4, 0.5) is 0 Å². The average molecular weight is 350 g/mol. The fourth-order valence-electron chi connectivity index (χ4n) is 3.15. The second-order valence-electron chi connectivity index (χ2n) is 6.27. The van der Waals surface area contributed by atoms with Crippen molar-refractivity contribution in [2.75, 3.05) is 13.1 Å². The number of piperidine rings is 1. The molecule has 1 aliphatic rings. The number of nitrogens with zero attached hydrogens (tertiary/aromatic N) is 6. The molecule has 26 heavy (non-hydrogen) atoms. The van der Waals surface area contributed by atoms with Crippen molar-refractivity contribution >= 4 is 11.4 Å². The summed E-state index contributed by atoms with van der Waals surface area (Å²) in [6.45, 7) is 1.12. The molecule has 0 radical (unpaired) electrons. The van der Waals surface area contributed by atoms with E-state index in [1.165, 1.54) is 0 Å². The quantitative estimate of drug-likeness (QED) is 0.662. The third-order valence-corrected chi connectivity index (χ3v) is 4.42. The highest BCUT2D eigenvalue weighted by Gasteiger charge is 2.25. The molecule has 1 saturated heterocycles. The molecule has 0 aromatic carbocycles. The lowest BCUT2D eigenvalue weighted by Gasteiger charge is -2.31. The first-order valence-corrected chi connectivity index (χ1v) is 8.39. The van der Waals surface area contributed by atoms with E-state index in [9.17, 15) is 4.79 Å². The van der Waals surface area contributed by atoms with Gasteiger partial charge in [0.2, 0.25) is 5.88 Å². The van der Waals surface area contributed by atoms with E-state index in [4.69, 9.17) is 11.2 Å². The first-order valence-electron chi connectivity index (χ1n) is 8.39. The highest BCUT2D eigenvalue weighted by molar-refractivity contribution is 5.92. The van der Waals surface area contributed by atoms with Crippen molar-refractivity contribution in [1.82, 2.24) is 29.3 Å². The Bertz CT molecular complexity index is 999. The molecule has 0 bridgehead atoms. The van der Waals surface area contributed by atoms with Crippen LogP contribution < -0.4 is 4.74 Å². The van der Waals surface area contributed by atoms with Gasteiger partial charge in [-0.1, -0.05) is 0 Å². The maximum Gasteiger partial charge on any atom is 0.298 e. The summed E-state index contributed by atoms with van der Waals surface area (Å²) in [5.41, 5.74) is 2.37. The number of ether oxygens (including phenoxy) is 1.